The van der Waals surface area contributed by atoms with Crippen molar-refractivity contribution in [2.45, 2.75) is 64.4 Å². The molecule has 174 valence electrons. The van der Waals surface area contributed by atoms with E-state index in [2.05, 4.69) is 5.32 Å². The number of alkyl carbamates (subject to hydrolysis) is 1. The Morgan fingerprint density at radius 2 is 1.84 bits per heavy atom. The Morgan fingerprint density at radius 3 is 2.42 bits per heavy atom. The van der Waals surface area contributed by atoms with Gasteiger partial charge in [-0.25, -0.2) is 4.79 Å². The van der Waals surface area contributed by atoms with Crippen LogP contribution >= 0.6 is 0 Å². The molecule has 1 aliphatic rings. The van der Waals surface area contributed by atoms with Crippen molar-refractivity contribution in [2.75, 3.05) is 20.3 Å². The van der Waals surface area contributed by atoms with E-state index in [9.17, 15) is 22.8 Å². The van der Waals surface area contributed by atoms with Crippen molar-refractivity contribution in [3.63, 3.8) is 0 Å². The topological polar surface area (TPSA) is 77.1 Å². The Kier molecular flexibility index (Phi) is 7.67. The van der Waals surface area contributed by atoms with Crippen LogP contribution in [0, 0.1) is 6.92 Å². The maximum Gasteiger partial charge on any atom is 0.408 e. The summed E-state index contributed by atoms with van der Waals surface area (Å²) >= 11 is 0. The molecule has 0 saturated carbocycles. The van der Waals surface area contributed by atoms with Crippen molar-refractivity contribution in [1.29, 1.82) is 0 Å². The molecule has 31 heavy (non-hydrogen) atoms. The highest BCUT2D eigenvalue weighted by Gasteiger charge is 2.48. The Hall–Kier alpha value is -2.65. The van der Waals surface area contributed by atoms with Gasteiger partial charge in [-0.3, -0.25) is 4.79 Å². The molecule has 1 aromatic rings. The first-order chi connectivity index (χ1) is 14.3. The second-order valence-corrected chi connectivity index (χ2v) is 8.47. The van der Waals surface area contributed by atoms with Gasteiger partial charge in [0.05, 0.1) is 7.11 Å². The minimum Gasteiger partial charge on any atom is -0.493 e. The monoisotopic (exact) mass is 446 g/mol. The van der Waals surface area contributed by atoms with E-state index in [0.717, 1.165) is 5.56 Å². The molecule has 1 aliphatic heterocycles. The molecule has 2 rings (SSSR count). The van der Waals surface area contributed by atoms with Crippen LogP contribution in [-0.4, -0.2) is 61.0 Å². The largest absolute Gasteiger partial charge is 0.493 e. The molecule has 1 N–H and O–H groups in total. The van der Waals surface area contributed by atoms with E-state index in [1.54, 1.807) is 39.0 Å². The third-order valence-electron chi connectivity index (χ3n) is 4.67. The fourth-order valence-corrected chi connectivity index (χ4v) is 3.30. The van der Waals surface area contributed by atoms with Crippen LogP contribution in [-0.2, 0) is 9.53 Å². The van der Waals surface area contributed by atoms with Gasteiger partial charge in [-0.1, -0.05) is 6.07 Å². The third-order valence-corrected chi connectivity index (χ3v) is 4.67. The first-order valence-corrected chi connectivity index (χ1v) is 9.93. The van der Waals surface area contributed by atoms with Gasteiger partial charge in [0, 0.05) is 12.6 Å². The maximum atomic E-state index is 13.5. The molecule has 0 radical (unpaired) electrons. The summed E-state index contributed by atoms with van der Waals surface area (Å²) in [6, 6.07) is 2.42. The number of alkyl halides is 3. The molecule has 0 aliphatic carbocycles. The van der Waals surface area contributed by atoms with Gasteiger partial charge >= 0.3 is 12.3 Å². The molecule has 2 atom stereocenters. The fourth-order valence-electron chi connectivity index (χ4n) is 3.30. The minimum atomic E-state index is -4.59. The lowest BCUT2D eigenvalue weighted by atomic mass is 9.97. The molecule has 7 nitrogen and oxygen atoms in total. The number of hydrogen-bond donors (Lipinski definition) is 1. The fraction of sp³-hybridized carbons (Fsp3) is 0.619. The zero-order chi connectivity index (χ0) is 23.4. The number of carbonyl (C=O) groups is 2. The van der Waals surface area contributed by atoms with Crippen molar-refractivity contribution in [2.24, 2.45) is 0 Å². The summed E-state index contributed by atoms with van der Waals surface area (Å²) in [4.78, 5) is 25.4. The normalized spacial score (nSPS) is 19.5. The van der Waals surface area contributed by atoms with Gasteiger partial charge in [-0.05, 0) is 58.2 Å². The van der Waals surface area contributed by atoms with E-state index in [1.807, 2.05) is 6.92 Å². The maximum absolute atomic E-state index is 13.5. The smallest absolute Gasteiger partial charge is 0.408 e. The molecule has 10 heteroatoms. The van der Waals surface area contributed by atoms with Gasteiger partial charge in [0.25, 0.3) is 5.91 Å². The van der Waals surface area contributed by atoms with Crippen LogP contribution in [0.25, 0.3) is 0 Å². The average molecular weight is 446 g/mol. The molecule has 2 amide bonds. The van der Waals surface area contributed by atoms with E-state index >= 15 is 0 Å². The van der Waals surface area contributed by atoms with Crippen LogP contribution in [0.1, 0.15) is 39.2 Å². The molecule has 1 heterocycles. The van der Waals surface area contributed by atoms with Gasteiger partial charge in [-0.2, -0.15) is 13.2 Å². The molecule has 0 unspecified atom stereocenters. The van der Waals surface area contributed by atoms with E-state index in [0.29, 0.717) is 10.6 Å². The number of carbonyl (C=O) groups excluding carboxylic acids is 2. The summed E-state index contributed by atoms with van der Waals surface area (Å²) in [5.41, 5.74) is 0.156. The lowest BCUT2D eigenvalue weighted by Gasteiger charge is -2.40. The molecule has 1 aromatic carbocycles. The number of aryl methyl sites for hydroxylation is 1. The lowest BCUT2D eigenvalue weighted by Crippen LogP contribution is -2.59. The zero-order valence-electron chi connectivity index (χ0n) is 18.3. The van der Waals surface area contributed by atoms with E-state index in [1.165, 1.54) is 7.11 Å². The van der Waals surface area contributed by atoms with Crippen LogP contribution in [0.4, 0.5) is 18.0 Å². The molecule has 0 spiro atoms. The number of benzene rings is 1. The predicted molar refractivity (Wildman–Crippen MR) is 107 cm³/mol. The summed E-state index contributed by atoms with van der Waals surface area (Å²) in [6.07, 6.45) is -5.59. The number of nitrogens with zero attached hydrogens (tertiary/aromatic N) is 1. The number of ether oxygens (including phenoxy) is 3. The Balaban J connectivity index is 2.09. The highest BCUT2D eigenvalue weighted by atomic mass is 19.4. The third kappa shape index (κ3) is 7.22. The zero-order valence-corrected chi connectivity index (χ0v) is 18.3. The first-order valence-electron chi connectivity index (χ1n) is 9.93. The number of hydrogen-bond acceptors (Lipinski definition) is 5. The summed E-state index contributed by atoms with van der Waals surface area (Å²) in [6.45, 7) is 6.00. The van der Waals surface area contributed by atoms with Crippen LogP contribution < -0.4 is 14.8 Å². The van der Waals surface area contributed by atoms with Crippen molar-refractivity contribution < 1.29 is 37.0 Å². The van der Waals surface area contributed by atoms with Crippen molar-refractivity contribution in [3.05, 3.63) is 23.8 Å². The highest BCUT2D eigenvalue weighted by molar-refractivity contribution is 5.78. The number of nitrogens with one attached hydrogen (secondary N) is 1. The van der Waals surface area contributed by atoms with E-state index in [-0.39, 0.29) is 25.1 Å². The van der Waals surface area contributed by atoms with Crippen LogP contribution in [0.5, 0.6) is 11.5 Å². The van der Waals surface area contributed by atoms with E-state index < -0.39 is 42.5 Å². The number of piperidine rings is 1. The number of halogens is 3. The molecular weight excluding hydrogens is 417 g/mol. The minimum absolute atomic E-state index is 0.0693. The number of likely N-dealkylation sites (tertiary alicyclic amines) is 1. The Morgan fingerprint density at radius 1 is 1.16 bits per heavy atom. The summed E-state index contributed by atoms with van der Waals surface area (Å²) < 4.78 is 56.4. The van der Waals surface area contributed by atoms with Crippen molar-refractivity contribution >= 4 is 12.0 Å². The van der Waals surface area contributed by atoms with E-state index in [4.69, 9.17) is 14.2 Å². The summed E-state index contributed by atoms with van der Waals surface area (Å²) in [5, 5.41) is 2.55. The number of rotatable bonds is 5. The van der Waals surface area contributed by atoms with Gasteiger partial charge in [0.2, 0.25) is 0 Å². The summed E-state index contributed by atoms with van der Waals surface area (Å²) in [5.74, 6) is -0.200. The molecule has 0 aromatic heterocycles. The number of methoxy groups -OCH3 is 1. The van der Waals surface area contributed by atoms with Gasteiger partial charge in [-0.15, -0.1) is 0 Å². The average Bonchev–Trinajstić information content (AvgIpc) is 2.64. The number of amides is 2. The van der Waals surface area contributed by atoms with Gasteiger partial charge in [0.15, 0.2) is 18.1 Å². The second kappa shape index (κ2) is 9.65. The predicted octanol–water partition coefficient (Wildman–Crippen LogP) is 3.83. The highest BCUT2D eigenvalue weighted by Crippen LogP contribution is 2.33. The Bertz CT molecular complexity index is 792. The molecular formula is C21H29F3N2O5. The van der Waals surface area contributed by atoms with Gasteiger partial charge < -0.3 is 24.4 Å². The first kappa shape index (κ1) is 24.6. The van der Waals surface area contributed by atoms with Crippen LogP contribution in [0.15, 0.2) is 18.2 Å². The lowest BCUT2D eigenvalue weighted by molar-refractivity contribution is -0.198. The standard InChI is InChI=1S/C21H29F3N2O5/c1-13-6-8-15(16(10-13)29-5)30-12-18(27)26-11-14(7-9-17(26)21(22,23)24)25-19(28)31-20(2,3)4/h6,8,10,14,17H,7,9,11-12H2,1-5H3,(H,25,28)/t14-,17+/m1/s1. The van der Waals surface area contributed by atoms with Crippen LogP contribution in [0.2, 0.25) is 0 Å². The SMILES string of the molecule is COc1cc(C)ccc1OCC(=O)N1C[C@H](NC(=O)OC(C)(C)C)CC[C@H]1C(F)(F)F. The molecule has 0 bridgehead atoms. The van der Waals surface area contributed by atoms with Crippen molar-refractivity contribution in [1.82, 2.24) is 10.2 Å². The van der Waals surface area contributed by atoms with Crippen LogP contribution in [0.3, 0.4) is 0 Å². The van der Waals surface area contributed by atoms with Crippen molar-refractivity contribution in [3.8, 4) is 11.5 Å². The molecule has 1 fully saturated rings. The molecule has 1 saturated heterocycles. The summed E-state index contributed by atoms with van der Waals surface area (Å²) in [7, 11) is 1.43. The quantitative estimate of drug-likeness (QED) is 0.744. The Labute approximate surface area is 179 Å². The van der Waals surface area contributed by atoms with Gasteiger partial charge in [0.1, 0.15) is 11.6 Å². The second-order valence-electron chi connectivity index (χ2n) is 8.47.